The molecule has 0 fully saturated rings. The Balaban J connectivity index is 1.97. The van der Waals surface area contributed by atoms with Crippen LogP contribution < -0.4 is 5.32 Å². The summed E-state index contributed by atoms with van der Waals surface area (Å²) in [4.78, 5) is 0. The van der Waals surface area contributed by atoms with Crippen molar-refractivity contribution in [3.63, 3.8) is 0 Å². The molecule has 5 nitrogen and oxygen atoms in total. The molecule has 16 heavy (non-hydrogen) atoms. The van der Waals surface area contributed by atoms with Gasteiger partial charge in [0.1, 0.15) is 17.5 Å². The third-order valence-corrected chi connectivity index (χ3v) is 2.96. The highest BCUT2D eigenvalue weighted by molar-refractivity contribution is 5.29. The lowest BCUT2D eigenvalue weighted by atomic mass is 10.0. The summed E-state index contributed by atoms with van der Waals surface area (Å²) in [7, 11) is 0. The van der Waals surface area contributed by atoms with Crippen LogP contribution in [0.4, 0.5) is 0 Å². The monoisotopic (exact) mass is 218 g/mol. The zero-order chi connectivity index (χ0) is 11.0. The Morgan fingerprint density at radius 1 is 1.62 bits per heavy atom. The van der Waals surface area contributed by atoms with E-state index in [0.29, 0.717) is 0 Å². The fourth-order valence-electron chi connectivity index (χ4n) is 2.09. The van der Waals surface area contributed by atoms with E-state index >= 15 is 0 Å². The average molecular weight is 218 g/mol. The van der Waals surface area contributed by atoms with E-state index in [-0.39, 0.29) is 6.04 Å². The number of hydrogen-bond acceptors (Lipinski definition) is 4. The first-order valence-electron chi connectivity index (χ1n) is 5.58. The Labute approximate surface area is 93.4 Å². The molecule has 1 N–H and O–H groups in total. The van der Waals surface area contributed by atoms with Crippen LogP contribution in [-0.4, -0.2) is 21.5 Å². The summed E-state index contributed by atoms with van der Waals surface area (Å²) in [5, 5.41) is 11.6. The van der Waals surface area contributed by atoms with Crippen LogP contribution in [0.1, 0.15) is 30.0 Å². The largest absolute Gasteiger partial charge is 0.467 e. The molecule has 0 spiro atoms. The van der Waals surface area contributed by atoms with Gasteiger partial charge in [-0.15, -0.1) is 5.10 Å². The van der Waals surface area contributed by atoms with Crippen LogP contribution in [0.25, 0.3) is 0 Å². The Morgan fingerprint density at radius 3 is 3.38 bits per heavy atom. The van der Waals surface area contributed by atoms with Crippen LogP contribution in [0.3, 0.4) is 0 Å². The highest BCUT2D eigenvalue weighted by Gasteiger charge is 2.26. The minimum Gasteiger partial charge on any atom is -0.467 e. The Hall–Kier alpha value is -1.62. The second-order valence-corrected chi connectivity index (χ2v) is 3.95. The van der Waals surface area contributed by atoms with Crippen molar-refractivity contribution in [2.75, 3.05) is 6.54 Å². The van der Waals surface area contributed by atoms with Gasteiger partial charge in [0.15, 0.2) is 0 Å². The van der Waals surface area contributed by atoms with Crippen molar-refractivity contribution in [1.82, 2.24) is 20.3 Å². The van der Waals surface area contributed by atoms with Gasteiger partial charge in [-0.3, -0.25) is 4.68 Å². The lowest BCUT2D eigenvalue weighted by molar-refractivity contribution is 0.420. The molecule has 84 valence electrons. The first-order chi connectivity index (χ1) is 7.88. The van der Waals surface area contributed by atoms with Gasteiger partial charge in [0.25, 0.3) is 0 Å². The molecular weight excluding hydrogens is 204 g/mol. The molecule has 0 amide bonds. The quantitative estimate of drug-likeness (QED) is 0.820. The third-order valence-electron chi connectivity index (χ3n) is 2.96. The van der Waals surface area contributed by atoms with Crippen LogP contribution in [0.15, 0.2) is 22.9 Å². The average Bonchev–Trinajstić information content (AvgIpc) is 2.97. The van der Waals surface area contributed by atoms with Crippen LogP contribution in [0.5, 0.6) is 0 Å². The van der Waals surface area contributed by atoms with E-state index in [1.54, 1.807) is 6.26 Å². The highest BCUT2D eigenvalue weighted by Crippen LogP contribution is 2.27. The minimum absolute atomic E-state index is 0.0547. The first kappa shape index (κ1) is 9.59. The Bertz CT molecular complexity index is 488. The van der Waals surface area contributed by atoms with Gasteiger partial charge < -0.3 is 9.73 Å². The number of aromatic nitrogens is 3. The molecule has 1 unspecified atom stereocenters. The third kappa shape index (κ3) is 1.44. The van der Waals surface area contributed by atoms with Crippen molar-refractivity contribution in [3.8, 4) is 0 Å². The number of nitrogens with one attached hydrogen (secondary N) is 1. The number of furan rings is 1. The van der Waals surface area contributed by atoms with Gasteiger partial charge in [0, 0.05) is 13.1 Å². The van der Waals surface area contributed by atoms with E-state index < -0.39 is 0 Å². The lowest BCUT2D eigenvalue weighted by Gasteiger charge is -2.20. The predicted octanol–water partition coefficient (Wildman–Crippen LogP) is 1.13. The maximum atomic E-state index is 5.53. The predicted molar refractivity (Wildman–Crippen MR) is 58.0 cm³/mol. The standard InChI is InChI=1S/C11H14N4O/c1-2-15-7-9(13-14-15)10-11-8(3-5-12-10)4-6-16-11/h4,6-7,10,12H,2-3,5H2,1H3. The maximum Gasteiger partial charge on any atom is 0.130 e. The number of hydrogen-bond donors (Lipinski definition) is 1. The summed E-state index contributed by atoms with van der Waals surface area (Å²) in [6.45, 7) is 3.84. The molecule has 0 aliphatic carbocycles. The maximum absolute atomic E-state index is 5.53. The van der Waals surface area contributed by atoms with E-state index in [2.05, 4.69) is 15.6 Å². The van der Waals surface area contributed by atoms with Crippen molar-refractivity contribution >= 4 is 0 Å². The molecule has 0 bridgehead atoms. The fraction of sp³-hybridized carbons (Fsp3) is 0.455. The Morgan fingerprint density at radius 2 is 2.56 bits per heavy atom. The molecule has 3 heterocycles. The summed E-state index contributed by atoms with van der Waals surface area (Å²) in [6.07, 6.45) is 4.73. The molecule has 1 aliphatic rings. The first-order valence-corrected chi connectivity index (χ1v) is 5.58. The summed E-state index contributed by atoms with van der Waals surface area (Å²) < 4.78 is 7.35. The second-order valence-electron chi connectivity index (χ2n) is 3.95. The van der Waals surface area contributed by atoms with Crippen LogP contribution >= 0.6 is 0 Å². The topological polar surface area (TPSA) is 55.9 Å². The van der Waals surface area contributed by atoms with Crippen molar-refractivity contribution in [1.29, 1.82) is 0 Å². The van der Waals surface area contributed by atoms with Crippen molar-refractivity contribution in [2.24, 2.45) is 0 Å². The van der Waals surface area contributed by atoms with E-state index in [1.165, 1.54) is 5.56 Å². The van der Waals surface area contributed by atoms with Crippen molar-refractivity contribution in [3.05, 3.63) is 35.5 Å². The van der Waals surface area contributed by atoms with Crippen molar-refractivity contribution in [2.45, 2.75) is 25.9 Å². The van der Waals surface area contributed by atoms with Gasteiger partial charge >= 0.3 is 0 Å². The molecule has 1 aliphatic heterocycles. The van der Waals surface area contributed by atoms with Gasteiger partial charge in [-0.2, -0.15) is 0 Å². The molecule has 1 atom stereocenters. The molecule has 0 saturated carbocycles. The number of rotatable bonds is 2. The summed E-state index contributed by atoms with van der Waals surface area (Å²) in [5.41, 5.74) is 2.20. The fourth-order valence-corrected chi connectivity index (χ4v) is 2.09. The zero-order valence-corrected chi connectivity index (χ0v) is 9.18. The van der Waals surface area contributed by atoms with E-state index in [1.807, 2.05) is 23.9 Å². The number of aryl methyl sites for hydroxylation is 1. The summed E-state index contributed by atoms with van der Waals surface area (Å²) in [5.74, 6) is 0.981. The lowest BCUT2D eigenvalue weighted by Crippen LogP contribution is -2.29. The van der Waals surface area contributed by atoms with Gasteiger partial charge in [0.2, 0.25) is 0 Å². The number of nitrogens with zero attached hydrogens (tertiary/aromatic N) is 3. The summed E-state index contributed by atoms with van der Waals surface area (Å²) >= 11 is 0. The molecule has 2 aromatic rings. The van der Waals surface area contributed by atoms with Gasteiger partial charge in [-0.25, -0.2) is 0 Å². The molecule has 0 radical (unpaired) electrons. The molecule has 2 aromatic heterocycles. The molecule has 0 aromatic carbocycles. The van der Waals surface area contributed by atoms with Crippen LogP contribution in [0.2, 0.25) is 0 Å². The van der Waals surface area contributed by atoms with Gasteiger partial charge in [0.05, 0.1) is 12.5 Å². The molecule has 3 rings (SSSR count). The van der Waals surface area contributed by atoms with Crippen LogP contribution in [0, 0.1) is 0 Å². The van der Waals surface area contributed by atoms with Crippen molar-refractivity contribution < 1.29 is 4.42 Å². The normalized spacial score (nSPS) is 19.7. The van der Waals surface area contributed by atoms with E-state index in [0.717, 1.165) is 31.0 Å². The van der Waals surface area contributed by atoms with Gasteiger partial charge in [-0.1, -0.05) is 5.21 Å². The SMILES string of the molecule is CCn1cc(C2NCCc3ccoc32)nn1. The minimum atomic E-state index is 0.0547. The zero-order valence-electron chi connectivity index (χ0n) is 9.18. The molecule has 0 saturated heterocycles. The molecular formula is C11H14N4O. The second kappa shape index (κ2) is 3.75. The van der Waals surface area contributed by atoms with Gasteiger partial charge in [-0.05, 0) is 25.0 Å². The number of fused-ring (bicyclic) bond motifs is 1. The summed E-state index contributed by atoms with van der Waals surface area (Å²) in [6, 6.07) is 2.09. The smallest absolute Gasteiger partial charge is 0.130 e. The van der Waals surface area contributed by atoms with E-state index in [4.69, 9.17) is 4.42 Å². The molecule has 5 heteroatoms. The van der Waals surface area contributed by atoms with Crippen LogP contribution in [-0.2, 0) is 13.0 Å². The highest BCUT2D eigenvalue weighted by atomic mass is 16.3. The van der Waals surface area contributed by atoms with E-state index in [9.17, 15) is 0 Å². The Kier molecular flexibility index (Phi) is 2.25.